The maximum Gasteiger partial charge on any atom is 0.305 e. The first-order valence-corrected chi connectivity index (χ1v) is 8.24. The van der Waals surface area contributed by atoms with Gasteiger partial charge in [-0.2, -0.15) is 0 Å². The molecular weight excluding hydrogens is 326 g/mol. The highest BCUT2D eigenvalue weighted by Crippen LogP contribution is 2.38. The van der Waals surface area contributed by atoms with Crippen LogP contribution >= 0.6 is 0 Å². The number of methoxy groups -OCH3 is 3. The lowest BCUT2D eigenvalue weighted by Gasteiger charge is -2.41. The fraction of sp³-hybridized carbons (Fsp3) is 0.556. The number of ether oxygens (including phenoxy) is 3. The van der Waals surface area contributed by atoms with Gasteiger partial charge in [-0.1, -0.05) is 0 Å². The minimum Gasteiger partial charge on any atom is -0.493 e. The minimum atomic E-state index is -0.885. The van der Waals surface area contributed by atoms with Crippen molar-refractivity contribution in [3.8, 4) is 17.2 Å². The van der Waals surface area contributed by atoms with Crippen LogP contribution in [0.15, 0.2) is 12.1 Å². The summed E-state index contributed by atoms with van der Waals surface area (Å²) in [5, 5.41) is 11.9. The fourth-order valence-electron chi connectivity index (χ4n) is 3.13. The molecule has 0 atom stereocenters. The summed E-state index contributed by atoms with van der Waals surface area (Å²) in [6.07, 6.45) is 3.11. The number of carbonyl (C=O) groups is 2. The Hall–Kier alpha value is -2.44. The molecule has 0 aliphatic heterocycles. The smallest absolute Gasteiger partial charge is 0.305 e. The molecule has 1 aliphatic carbocycles. The molecule has 2 N–H and O–H groups in total. The van der Waals surface area contributed by atoms with Crippen molar-refractivity contribution in [3.63, 3.8) is 0 Å². The Bertz CT molecular complexity index is 613. The molecule has 1 aromatic carbocycles. The second-order valence-corrected chi connectivity index (χ2v) is 6.29. The van der Waals surface area contributed by atoms with E-state index in [2.05, 4.69) is 5.32 Å². The van der Waals surface area contributed by atoms with Gasteiger partial charge >= 0.3 is 5.97 Å². The second kappa shape index (κ2) is 8.09. The zero-order valence-electron chi connectivity index (χ0n) is 14.9. The molecule has 25 heavy (non-hydrogen) atoms. The van der Waals surface area contributed by atoms with E-state index in [4.69, 9.17) is 19.3 Å². The highest BCUT2D eigenvalue weighted by atomic mass is 16.5. The first-order valence-electron chi connectivity index (χ1n) is 8.24. The van der Waals surface area contributed by atoms with Gasteiger partial charge in [0.1, 0.15) is 0 Å². The average molecular weight is 351 g/mol. The molecule has 1 saturated carbocycles. The molecule has 0 bridgehead atoms. The van der Waals surface area contributed by atoms with Crippen molar-refractivity contribution in [2.45, 2.75) is 44.1 Å². The largest absolute Gasteiger partial charge is 0.493 e. The van der Waals surface area contributed by atoms with Crippen LogP contribution in [-0.2, 0) is 16.0 Å². The van der Waals surface area contributed by atoms with Crippen molar-refractivity contribution in [3.05, 3.63) is 17.7 Å². The van der Waals surface area contributed by atoms with Gasteiger partial charge in [0.2, 0.25) is 11.7 Å². The van der Waals surface area contributed by atoms with Crippen LogP contribution in [0.2, 0.25) is 0 Å². The van der Waals surface area contributed by atoms with Gasteiger partial charge < -0.3 is 24.6 Å². The molecule has 138 valence electrons. The Morgan fingerprint density at radius 1 is 1.12 bits per heavy atom. The lowest BCUT2D eigenvalue weighted by Crippen LogP contribution is -2.54. The van der Waals surface area contributed by atoms with Crippen LogP contribution in [0.25, 0.3) is 0 Å². The number of rotatable bonds is 9. The number of aliphatic carboxylic acids is 1. The number of amides is 1. The maximum atomic E-state index is 12.2. The van der Waals surface area contributed by atoms with E-state index in [1.54, 1.807) is 14.2 Å². The zero-order chi connectivity index (χ0) is 18.4. The summed E-state index contributed by atoms with van der Waals surface area (Å²) < 4.78 is 15.9. The van der Waals surface area contributed by atoms with Gasteiger partial charge in [-0.25, -0.2) is 0 Å². The van der Waals surface area contributed by atoms with E-state index in [-0.39, 0.29) is 18.7 Å². The Morgan fingerprint density at radius 3 is 2.12 bits per heavy atom. The standard InChI is InChI=1S/C18H25NO6/c1-23-13-9-12(10-14(24-2)17(13)25-3)5-6-15(20)19-18(7-4-8-18)11-16(21)22/h9-10H,4-8,11H2,1-3H3,(H,19,20)(H,21,22). The van der Waals surface area contributed by atoms with E-state index < -0.39 is 11.5 Å². The van der Waals surface area contributed by atoms with E-state index in [1.165, 1.54) is 7.11 Å². The molecule has 7 nitrogen and oxygen atoms in total. The van der Waals surface area contributed by atoms with Gasteiger partial charge in [-0.15, -0.1) is 0 Å². The molecule has 7 heteroatoms. The SMILES string of the molecule is COc1cc(CCC(=O)NC2(CC(=O)O)CCC2)cc(OC)c1OC. The number of benzene rings is 1. The second-order valence-electron chi connectivity index (χ2n) is 6.29. The van der Waals surface area contributed by atoms with Crippen LogP contribution in [0.3, 0.4) is 0 Å². The average Bonchev–Trinajstić information content (AvgIpc) is 2.56. The molecule has 0 radical (unpaired) electrons. The van der Waals surface area contributed by atoms with Crippen molar-refractivity contribution in [2.75, 3.05) is 21.3 Å². The third kappa shape index (κ3) is 4.55. The predicted molar refractivity (Wildman–Crippen MR) is 91.4 cm³/mol. The van der Waals surface area contributed by atoms with E-state index in [9.17, 15) is 9.59 Å². The van der Waals surface area contributed by atoms with E-state index >= 15 is 0 Å². The highest BCUT2D eigenvalue weighted by molar-refractivity contribution is 5.79. The first kappa shape index (κ1) is 18.9. The molecule has 0 unspecified atom stereocenters. The molecule has 1 aliphatic rings. The Morgan fingerprint density at radius 2 is 1.72 bits per heavy atom. The van der Waals surface area contributed by atoms with Crippen molar-refractivity contribution < 1.29 is 28.9 Å². The maximum absolute atomic E-state index is 12.2. The summed E-state index contributed by atoms with van der Waals surface area (Å²) in [5.74, 6) is 0.560. The quantitative estimate of drug-likeness (QED) is 0.708. The highest BCUT2D eigenvalue weighted by Gasteiger charge is 2.40. The Labute approximate surface area is 147 Å². The summed E-state index contributed by atoms with van der Waals surface area (Å²) in [6.45, 7) is 0. The van der Waals surface area contributed by atoms with Gasteiger partial charge in [0.25, 0.3) is 0 Å². The number of carboxylic acid groups (broad SMARTS) is 1. The van der Waals surface area contributed by atoms with Crippen molar-refractivity contribution in [2.24, 2.45) is 0 Å². The molecule has 1 amide bonds. The number of nitrogens with one attached hydrogen (secondary N) is 1. The van der Waals surface area contributed by atoms with Crippen molar-refractivity contribution in [1.29, 1.82) is 0 Å². The molecule has 0 saturated heterocycles. The predicted octanol–water partition coefficient (Wildman–Crippen LogP) is 2.16. The summed E-state index contributed by atoms with van der Waals surface area (Å²) >= 11 is 0. The van der Waals surface area contributed by atoms with Gasteiger partial charge in [0.05, 0.1) is 33.3 Å². The molecular formula is C18H25NO6. The van der Waals surface area contributed by atoms with Crippen LogP contribution in [0.4, 0.5) is 0 Å². The number of hydrogen-bond donors (Lipinski definition) is 2. The third-order valence-electron chi connectivity index (χ3n) is 4.57. The van der Waals surface area contributed by atoms with E-state index in [0.29, 0.717) is 23.7 Å². The summed E-state index contributed by atoms with van der Waals surface area (Å²) in [4.78, 5) is 23.2. The van der Waals surface area contributed by atoms with E-state index in [1.807, 2.05) is 12.1 Å². The minimum absolute atomic E-state index is 0.0249. The number of carbonyl (C=O) groups excluding carboxylic acids is 1. The molecule has 1 aromatic rings. The molecule has 0 heterocycles. The number of carboxylic acids is 1. The number of aryl methyl sites for hydroxylation is 1. The van der Waals surface area contributed by atoms with E-state index in [0.717, 1.165) is 24.8 Å². The van der Waals surface area contributed by atoms with Crippen LogP contribution in [-0.4, -0.2) is 43.9 Å². The van der Waals surface area contributed by atoms with Gasteiger partial charge in [-0.3, -0.25) is 9.59 Å². The Kier molecular flexibility index (Phi) is 6.12. The lowest BCUT2D eigenvalue weighted by atomic mass is 9.74. The van der Waals surface area contributed by atoms with Crippen LogP contribution < -0.4 is 19.5 Å². The zero-order valence-corrected chi connectivity index (χ0v) is 14.9. The Balaban J connectivity index is 2.00. The monoisotopic (exact) mass is 351 g/mol. The lowest BCUT2D eigenvalue weighted by molar-refractivity contribution is -0.140. The number of hydrogen-bond acceptors (Lipinski definition) is 5. The third-order valence-corrected chi connectivity index (χ3v) is 4.57. The van der Waals surface area contributed by atoms with Crippen LogP contribution in [0.1, 0.15) is 37.7 Å². The fourth-order valence-corrected chi connectivity index (χ4v) is 3.13. The first-order chi connectivity index (χ1) is 11.9. The molecule has 0 aromatic heterocycles. The van der Waals surface area contributed by atoms with Gasteiger partial charge in [0, 0.05) is 6.42 Å². The summed E-state index contributed by atoms with van der Waals surface area (Å²) in [6, 6.07) is 3.62. The normalized spacial score (nSPS) is 15.0. The van der Waals surface area contributed by atoms with Crippen LogP contribution in [0.5, 0.6) is 17.2 Å². The van der Waals surface area contributed by atoms with Crippen molar-refractivity contribution >= 4 is 11.9 Å². The van der Waals surface area contributed by atoms with Gasteiger partial charge in [-0.05, 0) is 43.4 Å². The molecule has 2 rings (SSSR count). The summed E-state index contributed by atoms with van der Waals surface area (Å²) in [7, 11) is 4.62. The van der Waals surface area contributed by atoms with Crippen molar-refractivity contribution in [1.82, 2.24) is 5.32 Å². The van der Waals surface area contributed by atoms with Crippen LogP contribution in [0, 0.1) is 0 Å². The van der Waals surface area contributed by atoms with Gasteiger partial charge in [0.15, 0.2) is 11.5 Å². The molecule has 0 spiro atoms. The topological polar surface area (TPSA) is 94.1 Å². The molecule has 1 fully saturated rings. The summed E-state index contributed by atoms with van der Waals surface area (Å²) in [5.41, 5.74) is 0.309.